The van der Waals surface area contributed by atoms with Crippen LogP contribution in [0.1, 0.15) is 74.5 Å². The monoisotopic (exact) mass is 258 g/mol. The lowest BCUT2D eigenvalue weighted by Gasteiger charge is -2.23. The highest BCUT2D eigenvalue weighted by atomic mass is 16.1. The van der Waals surface area contributed by atoms with Crippen LogP contribution in [-0.4, -0.2) is 5.78 Å². The highest BCUT2D eigenvalue weighted by Crippen LogP contribution is 2.41. The highest BCUT2D eigenvalue weighted by molar-refractivity contribution is 5.94. The van der Waals surface area contributed by atoms with Crippen molar-refractivity contribution in [2.45, 2.75) is 65.7 Å². The third kappa shape index (κ3) is 2.91. The van der Waals surface area contributed by atoms with Crippen LogP contribution in [0.2, 0.25) is 0 Å². The third-order valence-corrected chi connectivity index (χ3v) is 4.40. The van der Waals surface area contributed by atoms with Crippen molar-refractivity contribution in [2.75, 3.05) is 0 Å². The molecule has 0 spiro atoms. The minimum atomic E-state index is 0.193. The maximum atomic E-state index is 11.7. The molecule has 1 aromatic carbocycles. The lowest BCUT2D eigenvalue weighted by molar-refractivity contribution is 0.101. The van der Waals surface area contributed by atoms with Gasteiger partial charge in [0.1, 0.15) is 0 Å². The van der Waals surface area contributed by atoms with Gasteiger partial charge < -0.3 is 0 Å². The van der Waals surface area contributed by atoms with Crippen LogP contribution in [0.25, 0.3) is 0 Å². The molecule has 0 aromatic heterocycles. The number of fused-ring (bicyclic) bond motifs is 1. The van der Waals surface area contributed by atoms with Crippen LogP contribution in [0, 0.1) is 5.92 Å². The van der Waals surface area contributed by atoms with Gasteiger partial charge in [-0.05, 0) is 72.8 Å². The topological polar surface area (TPSA) is 17.1 Å². The number of Topliss-reactive ketones (excluding diaryl/α,β-unsaturated/α-hetero) is 1. The molecule has 0 saturated heterocycles. The van der Waals surface area contributed by atoms with Gasteiger partial charge >= 0.3 is 0 Å². The highest BCUT2D eigenvalue weighted by Gasteiger charge is 2.32. The Hall–Kier alpha value is -1.11. The normalized spacial score (nSPS) is 16.7. The predicted octanol–water partition coefficient (Wildman–Crippen LogP) is 4.70. The quantitative estimate of drug-likeness (QED) is 0.715. The maximum Gasteiger partial charge on any atom is 0.159 e. The molecule has 1 nitrogen and oxygen atoms in total. The van der Waals surface area contributed by atoms with E-state index in [9.17, 15) is 4.79 Å². The Kier molecular flexibility index (Phi) is 3.85. The zero-order valence-corrected chi connectivity index (χ0v) is 13.0. The number of hydrogen-bond donors (Lipinski definition) is 0. The Bertz CT molecular complexity index is 495. The molecule has 0 bridgehead atoms. The second-order valence-electron chi connectivity index (χ2n) is 7.04. The molecular weight excluding hydrogens is 232 g/mol. The minimum absolute atomic E-state index is 0.193. The molecule has 0 radical (unpaired) electrons. The SMILES string of the molecule is CC(=O)c1cc(CCC(C)C)c2c(c1)CCC2(C)C. The summed E-state index contributed by atoms with van der Waals surface area (Å²) in [5, 5.41) is 0. The van der Waals surface area contributed by atoms with E-state index in [1.54, 1.807) is 6.92 Å². The summed E-state index contributed by atoms with van der Waals surface area (Å²) in [5.41, 5.74) is 5.53. The van der Waals surface area contributed by atoms with Gasteiger partial charge in [0.2, 0.25) is 0 Å². The fraction of sp³-hybridized carbons (Fsp3) is 0.611. The summed E-state index contributed by atoms with van der Waals surface area (Å²) in [5.74, 6) is 0.902. The Labute approximate surface area is 117 Å². The van der Waals surface area contributed by atoms with E-state index in [-0.39, 0.29) is 11.2 Å². The molecule has 0 atom stereocenters. The fourth-order valence-corrected chi connectivity index (χ4v) is 3.25. The Morgan fingerprint density at radius 3 is 2.58 bits per heavy atom. The molecule has 0 saturated carbocycles. The van der Waals surface area contributed by atoms with E-state index in [1.807, 2.05) is 0 Å². The number of benzene rings is 1. The molecule has 2 rings (SSSR count). The maximum absolute atomic E-state index is 11.7. The van der Waals surface area contributed by atoms with E-state index in [0.29, 0.717) is 5.92 Å². The van der Waals surface area contributed by atoms with E-state index < -0.39 is 0 Å². The van der Waals surface area contributed by atoms with Gasteiger partial charge in [-0.15, -0.1) is 0 Å². The summed E-state index contributed by atoms with van der Waals surface area (Å²) in [6, 6.07) is 4.28. The van der Waals surface area contributed by atoms with Gasteiger partial charge in [0.25, 0.3) is 0 Å². The van der Waals surface area contributed by atoms with Crippen molar-refractivity contribution in [1.29, 1.82) is 0 Å². The fourth-order valence-electron chi connectivity index (χ4n) is 3.25. The number of carbonyl (C=O) groups is 1. The first-order valence-corrected chi connectivity index (χ1v) is 7.48. The van der Waals surface area contributed by atoms with Crippen molar-refractivity contribution in [1.82, 2.24) is 0 Å². The Balaban J connectivity index is 2.46. The second-order valence-corrected chi connectivity index (χ2v) is 7.04. The van der Waals surface area contributed by atoms with Crippen LogP contribution in [0.3, 0.4) is 0 Å². The van der Waals surface area contributed by atoms with Crippen LogP contribution < -0.4 is 0 Å². The van der Waals surface area contributed by atoms with Crippen molar-refractivity contribution in [2.24, 2.45) is 5.92 Å². The third-order valence-electron chi connectivity index (χ3n) is 4.40. The molecule has 1 aromatic rings. The lowest BCUT2D eigenvalue weighted by atomic mass is 9.81. The molecule has 0 fully saturated rings. The molecule has 0 N–H and O–H groups in total. The molecular formula is C18H26O. The second kappa shape index (κ2) is 5.11. The van der Waals surface area contributed by atoms with E-state index >= 15 is 0 Å². The van der Waals surface area contributed by atoms with E-state index in [2.05, 4.69) is 39.8 Å². The summed E-state index contributed by atoms with van der Waals surface area (Å²) in [6.07, 6.45) is 4.63. The van der Waals surface area contributed by atoms with Gasteiger partial charge in [0.05, 0.1) is 0 Å². The summed E-state index contributed by atoms with van der Waals surface area (Å²) >= 11 is 0. The summed E-state index contributed by atoms with van der Waals surface area (Å²) in [7, 11) is 0. The minimum Gasteiger partial charge on any atom is -0.295 e. The van der Waals surface area contributed by atoms with Gasteiger partial charge in [0.15, 0.2) is 5.78 Å². The summed E-state index contributed by atoms with van der Waals surface area (Å²) in [4.78, 5) is 11.7. The molecule has 0 amide bonds. The first kappa shape index (κ1) is 14.3. The molecule has 104 valence electrons. The van der Waals surface area contributed by atoms with Crippen LogP contribution >= 0.6 is 0 Å². The van der Waals surface area contributed by atoms with Gasteiger partial charge in [-0.2, -0.15) is 0 Å². The zero-order chi connectivity index (χ0) is 14.2. The molecule has 1 aliphatic rings. The number of aryl methyl sites for hydroxylation is 2. The lowest BCUT2D eigenvalue weighted by Crippen LogP contribution is -2.15. The van der Waals surface area contributed by atoms with Crippen molar-refractivity contribution in [3.63, 3.8) is 0 Å². The number of hydrogen-bond acceptors (Lipinski definition) is 1. The van der Waals surface area contributed by atoms with E-state index in [1.165, 1.54) is 29.5 Å². The molecule has 19 heavy (non-hydrogen) atoms. The van der Waals surface area contributed by atoms with Crippen molar-refractivity contribution in [3.05, 3.63) is 34.4 Å². The molecule has 1 heteroatoms. The van der Waals surface area contributed by atoms with Gasteiger partial charge in [-0.3, -0.25) is 4.79 Å². The van der Waals surface area contributed by atoms with Crippen molar-refractivity contribution < 1.29 is 4.79 Å². The predicted molar refractivity (Wildman–Crippen MR) is 81.0 cm³/mol. The van der Waals surface area contributed by atoms with Gasteiger partial charge in [-0.1, -0.05) is 27.7 Å². The summed E-state index contributed by atoms with van der Waals surface area (Å²) in [6.45, 7) is 10.9. The Morgan fingerprint density at radius 1 is 1.32 bits per heavy atom. The first-order valence-electron chi connectivity index (χ1n) is 7.48. The van der Waals surface area contributed by atoms with Crippen LogP contribution in [0.4, 0.5) is 0 Å². The van der Waals surface area contributed by atoms with Crippen LogP contribution in [0.15, 0.2) is 12.1 Å². The summed E-state index contributed by atoms with van der Waals surface area (Å²) < 4.78 is 0. The first-order chi connectivity index (χ1) is 8.81. The van der Waals surface area contributed by atoms with Crippen LogP contribution in [-0.2, 0) is 18.3 Å². The van der Waals surface area contributed by atoms with E-state index in [4.69, 9.17) is 0 Å². The van der Waals surface area contributed by atoms with Crippen molar-refractivity contribution in [3.8, 4) is 0 Å². The van der Waals surface area contributed by atoms with E-state index in [0.717, 1.165) is 18.4 Å². The van der Waals surface area contributed by atoms with Crippen LogP contribution in [0.5, 0.6) is 0 Å². The number of carbonyl (C=O) groups excluding carboxylic acids is 1. The Morgan fingerprint density at radius 2 is 2.00 bits per heavy atom. The molecule has 0 heterocycles. The largest absolute Gasteiger partial charge is 0.295 e. The molecule has 0 aliphatic heterocycles. The number of rotatable bonds is 4. The number of ketones is 1. The smallest absolute Gasteiger partial charge is 0.159 e. The molecule has 1 aliphatic carbocycles. The molecule has 0 unspecified atom stereocenters. The van der Waals surface area contributed by atoms with Gasteiger partial charge in [-0.25, -0.2) is 0 Å². The standard InChI is InChI=1S/C18H26O/c1-12(2)6-7-14-10-16(13(3)19)11-15-8-9-18(4,5)17(14)15/h10-12H,6-9H2,1-5H3. The van der Waals surface area contributed by atoms with Crippen molar-refractivity contribution >= 4 is 5.78 Å². The average Bonchev–Trinajstić information content (AvgIpc) is 2.62. The average molecular weight is 258 g/mol. The van der Waals surface area contributed by atoms with Gasteiger partial charge in [0, 0.05) is 5.56 Å². The zero-order valence-electron chi connectivity index (χ0n) is 13.0.